The van der Waals surface area contributed by atoms with Crippen LogP contribution in [0.4, 0.5) is 0 Å². The van der Waals surface area contributed by atoms with Crippen LogP contribution in [0.5, 0.6) is 5.75 Å². The summed E-state index contributed by atoms with van der Waals surface area (Å²) < 4.78 is 5.19. The Morgan fingerprint density at radius 2 is 2.15 bits per heavy atom. The molecule has 2 unspecified atom stereocenters. The summed E-state index contributed by atoms with van der Waals surface area (Å²) in [6.07, 6.45) is 10.4. The van der Waals surface area contributed by atoms with Crippen molar-refractivity contribution in [3.63, 3.8) is 0 Å². The first-order valence-corrected chi connectivity index (χ1v) is 7.07. The molecule has 0 bridgehead atoms. The molecule has 108 valence electrons. The molecule has 3 heteroatoms. The maximum atomic E-state index is 11.0. The number of aliphatic hydroxyl groups is 1. The Kier molecular flexibility index (Phi) is 4.29. The molecule has 0 aromatic carbocycles. The molecule has 0 aliphatic heterocycles. The fourth-order valence-electron chi connectivity index (χ4n) is 2.61. The van der Waals surface area contributed by atoms with Crippen LogP contribution in [0, 0.1) is 11.8 Å². The van der Waals surface area contributed by atoms with Gasteiger partial charge in [0.2, 0.25) is 0 Å². The number of allylic oxidation sites excluding steroid dienone is 2. The number of hydrogen-bond acceptors (Lipinski definition) is 3. The van der Waals surface area contributed by atoms with E-state index in [1.807, 2.05) is 25.1 Å². The highest BCUT2D eigenvalue weighted by Gasteiger charge is 2.34. The maximum Gasteiger partial charge on any atom is 0.137 e. The molecule has 0 saturated carbocycles. The van der Waals surface area contributed by atoms with Gasteiger partial charge in [-0.1, -0.05) is 38.5 Å². The summed E-state index contributed by atoms with van der Waals surface area (Å²) in [5, 5.41) is 11.0. The molecule has 0 spiro atoms. The first kappa shape index (κ1) is 14.8. The van der Waals surface area contributed by atoms with Gasteiger partial charge in [-0.15, -0.1) is 0 Å². The summed E-state index contributed by atoms with van der Waals surface area (Å²) >= 11 is 0. The van der Waals surface area contributed by atoms with E-state index < -0.39 is 5.60 Å². The van der Waals surface area contributed by atoms with E-state index in [2.05, 4.69) is 24.9 Å². The van der Waals surface area contributed by atoms with Crippen molar-refractivity contribution in [1.29, 1.82) is 0 Å². The number of methoxy groups -OCH3 is 1. The molecule has 1 aromatic rings. The topological polar surface area (TPSA) is 42.4 Å². The Hall–Kier alpha value is -1.61. The molecule has 3 nitrogen and oxygen atoms in total. The lowest BCUT2D eigenvalue weighted by Gasteiger charge is -2.33. The smallest absolute Gasteiger partial charge is 0.137 e. The van der Waals surface area contributed by atoms with E-state index in [0.717, 1.165) is 12.0 Å². The number of hydrogen-bond donors (Lipinski definition) is 1. The van der Waals surface area contributed by atoms with E-state index in [0.29, 0.717) is 11.7 Å². The van der Waals surface area contributed by atoms with E-state index in [4.69, 9.17) is 4.74 Å². The molecular weight excluding hydrogens is 250 g/mol. The highest BCUT2D eigenvalue weighted by atomic mass is 16.5. The van der Waals surface area contributed by atoms with Crippen LogP contribution in [-0.4, -0.2) is 17.2 Å². The second-order valence-corrected chi connectivity index (χ2v) is 5.90. The van der Waals surface area contributed by atoms with E-state index >= 15 is 0 Å². The molecule has 1 aliphatic carbocycles. The Morgan fingerprint density at radius 3 is 2.75 bits per heavy atom. The molecule has 1 N–H and O–H groups in total. The first-order chi connectivity index (χ1) is 9.45. The third kappa shape index (κ3) is 2.93. The highest BCUT2D eigenvalue weighted by Crippen LogP contribution is 2.37. The van der Waals surface area contributed by atoms with Crippen LogP contribution >= 0.6 is 0 Å². The van der Waals surface area contributed by atoms with Gasteiger partial charge in [-0.3, -0.25) is 4.98 Å². The van der Waals surface area contributed by atoms with E-state index in [1.54, 1.807) is 19.5 Å². The lowest BCUT2D eigenvalue weighted by molar-refractivity contribution is 0.0490. The van der Waals surface area contributed by atoms with Gasteiger partial charge < -0.3 is 9.84 Å². The van der Waals surface area contributed by atoms with Gasteiger partial charge in [0.25, 0.3) is 0 Å². The molecule has 20 heavy (non-hydrogen) atoms. The monoisotopic (exact) mass is 273 g/mol. The minimum Gasteiger partial charge on any atom is -0.495 e. The number of ether oxygens (including phenoxy) is 1. The predicted molar refractivity (Wildman–Crippen MR) is 80.5 cm³/mol. The zero-order valence-electron chi connectivity index (χ0n) is 12.6. The molecule has 1 aromatic heterocycles. The van der Waals surface area contributed by atoms with Gasteiger partial charge in [0, 0.05) is 17.7 Å². The van der Waals surface area contributed by atoms with Crippen molar-refractivity contribution in [2.75, 3.05) is 7.11 Å². The maximum absolute atomic E-state index is 11.0. The second kappa shape index (κ2) is 5.80. The molecule has 2 atom stereocenters. The zero-order chi connectivity index (χ0) is 14.8. The average molecular weight is 273 g/mol. The third-order valence-electron chi connectivity index (χ3n) is 3.77. The quantitative estimate of drug-likeness (QED) is 0.913. The Morgan fingerprint density at radius 1 is 1.40 bits per heavy atom. The van der Waals surface area contributed by atoms with Gasteiger partial charge >= 0.3 is 0 Å². The van der Waals surface area contributed by atoms with Crippen molar-refractivity contribution in [3.05, 3.63) is 47.8 Å². The summed E-state index contributed by atoms with van der Waals surface area (Å²) in [5.41, 5.74) is 1.04. The zero-order valence-corrected chi connectivity index (χ0v) is 12.6. The summed E-state index contributed by atoms with van der Waals surface area (Å²) in [7, 11) is 1.60. The number of aromatic nitrogens is 1. The van der Waals surface area contributed by atoms with Crippen LogP contribution in [0.25, 0.3) is 0 Å². The Labute approximate surface area is 121 Å². The fraction of sp³-hybridized carbons (Fsp3) is 0.471. The van der Waals surface area contributed by atoms with Gasteiger partial charge in [-0.2, -0.15) is 0 Å². The second-order valence-electron chi connectivity index (χ2n) is 5.90. The molecule has 0 fully saturated rings. The van der Waals surface area contributed by atoms with Crippen molar-refractivity contribution in [2.24, 2.45) is 11.8 Å². The highest BCUT2D eigenvalue weighted by molar-refractivity contribution is 5.39. The third-order valence-corrected chi connectivity index (χ3v) is 3.77. The van der Waals surface area contributed by atoms with Crippen molar-refractivity contribution >= 4 is 0 Å². The Bertz CT molecular complexity index is 534. The minimum absolute atomic E-state index is 0.00940. The van der Waals surface area contributed by atoms with Gasteiger partial charge in [-0.05, 0) is 24.5 Å². The SMILES string of the molecule is COc1cncc(C2(O)C=CC(CC(C)C)=CC2C)c1. The van der Waals surface area contributed by atoms with Crippen molar-refractivity contribution in [3.8, 4) is 5.75 Å². The first-order valence-electron chi connectivity index (χ1n) is 7.07. The lowest BCUT2D eigenvalue weighted by Crippen LogP contribution is -2.32. The van der Waals surface area contributed by atoms with Crippen LogP contribution in [0.15, 0.2) is 42.3 Å². The molecule has 0 saturated heterocycles. The molecule has 2 rings (SSSR count). The summed E-state index contributed by atoms with van der Waals surface area (Å²) in [5.74, 6) is 1.28. The standard InChI is InChI=1S/C17H23NO2/c1-12(2)7-14-5-6-17(19,13(3)8-14)15-9-16(20-4)11-18-10-15/h5-6,8-13,19H,7H2,1-4H3. The Balaban J connectivity index is 2.28. The fourth-order valence-corrected chi connectivity index (χ4v) is 2.61. The van der Waals surface area contributed by atoms with Gasteiger partial charge in [0.05, 0.1) is 13.3 Å². The summed E-state index contributed by atoms with van der Waals surface area (Å²) in [4.78, 5) is 4.14. The van der Waals surface area contributed by atoms with Crippen LogP contribution in [-0.2, 0) is 5.60 Å². The average Bonchev–Trinajstić information content (AvgIpc) is 2.42. The van der Waals surface area contributed by atoms with Crippen LogP contribution < -0.4 is 4.74 Å². The van der Waals surface area contributed by atoms with Crippen molar-refractivity contribution < 1.29 is 9.84 Å². The minimum atomic E-state index is -1.01. The van der Waals surface area contributed by atoms with E-state index in [-0.39, 0.29) is 5.92 Å². The molecular formula is C17H23NO2. The largest absolute Gasteiger partial charge is 0.495 e. The molecule has 1 aliphatic rings. The van der Waals surface area contributed by atoms with Gasteiger partial charge in [0.15, 0.2) is 0 Å². The lowest BCUT2D eigenvalue weighted by atomic mass is 9.77. The van der Waals surface area contributed by atoms with E-state index in [9.17, 15) is 5.11 Å². The predicted octanol–water partition coefficient (Wildman–Crippen LogP) is 3.46. The summed E-state index contributed by atoms with van der Waals surface area (Å²) in [6.45, 7) is 6.43. The normalized spacial score (nSPS) is 25.7. The van der Waals surface area contributed by atoms with Gasteiger partial charge in [-0.25, -0.2) is 0 Å². The molecule has 1 heterocycles. The molecule has 0 radical (unpaired) electrons. The van der Waals surface area contributed by atoms with Crippen LogP contribution in [0.1, 0.15) is 32.8 Å². The summed E-state index contributed by atoms with van der Waals surface area (Å²) in [6, 6.07) is 1.84. The number of nitrogens with zero attached hydrogens (tertiary/aromatic N) is 1. The number of rotatable bonds is 4. The van der Waals surface area contributed by atoms with Crippen LogP contribution in [0.3, 0.4) is 0 Å². The van der Waals surface area contributed by atoms with E-state index in [1.165, 1.54) is 5.57 Å². The number of pyridine rings is 1. The van der Waals surface area contributed by atoms with Crippen LogP contribution in [0.2, 0.25) is 0 Å². The molecule has 0 amide bonds. The van der Waals surface area contributed by atoms with Crippen molar-refractivity contribution in [1.82, 2.24) is 4.98 Å². The van der Waals surface area contributed by atoms with Gasteiger partial charge in [0.1, 0.15) is 11.4 Å². The van der Waals surface area contributed by atoms with Crippen molar-refractivity contribution in [2.45, 2.75) is 32.8 Å².